The second kappa shape index (κ2) is 6.02. The van der Waals surface area contributed by atoms with Gasteiger partial charge in [0.1, 0.15) is 12.9 Å². The Morgan fingerprint density at radius 2 is 2.17 bits per heavy atom. The molecule has 1 amide bonds. The van der Waals surface area contributed by atoms with Crippen molar-refractivity contribution in [2.75, 3.05) is 5.43 Å². The average molecular weight is 356 g/mol. The smallest absolute Gasteiger partial charge is 0.258 e. The SMILES string of the molecule is O=C(Cn1c(-c2cccs2)n[nH]c1=S)Nn1cnc2ccccc21. The maximum atomic E-state index is 12.4. The molecule has 1 aromatic carbocycles. The van der Waals surface area contributed by atoms with E-state index in [0.717, 1.165) is 15.9 Å². The number of hydrogen-bond acceptors (Lipinski definition) is 5. The summed E-state index contributed by atoms with van der Waals surface area (Å²) >= 11 is 6.78. The quantitative estimate of drug-likeness (QED) is 0.551. The van der Waals surface area contributed by atoms with E-state index in [9.17, 15) is 4.79 Å². The minimum atomic E-state index is -0.214. The first kappa shape index (κ1) is 14.8. The number of carbonyl (C=O) groups is 1. The highest BCUT2D eigenvalue weighted by molar-refractivity contribution is 7.71. The molecule has 0 aliphatic heterocycles. The van der Waals surface area contributed by atoms with Crippen LogP contribution in [-0.2, 0) is 11.3 Å². The number of amides is 1. The molecule has 24 heavy (non-hydrogen) atoms. The predicted octanol–water partition coefficient (Wildman–Crippen LogP) is 2.79. The van der Waals surface area contributed by atoms with E-state index in [4.69, 9.17) is 12.2 Å². The third-order valence-electron chi connectivity index (χ3n) is 3.50. The monoisotopic (exact) mass is 356 g/mol. The van der Waals surface area contributed by atoms with Crippen LogP contribution in [0.15, 0.2) is 48.1 Å². The van der Waals surface area contributed by atoms with Crippen molar-refractivity contribution >= 4 is 40.5 Å². The number of rotatable bonds is 4. The van der Waals surface area contributed by atoms with Gasteiger partial charge in [-0.1, -0.05) is 18.2 Å². The minimum absolute atomic E-state index is 0.0646. The van der Waals surface area contributed by atoms with Crippen LogP contribution < -0.4 is 5.43 Å². The summed E-state index contributed by atoms with van der Waals surface area (Å²) in [5, 5.41) is 8.91. The Bertz CT molecular complexity index is 1060. The van der Waals surface area contributed by atoms with Crippen molar-refractivity contribution in [2.45, 2.75) is 6.54 Å². The van der Waals surface area contributed by atoms with E-state index < -0.39 is 0 Å². The predicted molar refractivity (Wildman–Crippen MR) is 94.8 cm³/mol. The van der Waals surface area contributed by atoms with Gasteiger partial charge in [0.15, 0.2) is 10.6 Å². The molecule has 0 bridgehead atoms. The summed E-state index contributed by atoms with van der Waals surface area (Å²) in [5.41, 5.74) is 4.46. The van der Waals surface area contributed by atoms with Crippen LogP contribution in [0.3, 0.4) is 0 Å². The van der Waals surface area contributed by atoms with Gasteiger partial charge >= 0.3 is 0 Å². The molecule has 0 unspecified atom stereocenters. The summed E-state index contributed by atoms with van der Waals surface area (Å²) in [6.45, 7) is 0.0646. The molecular formula is C15H12N6OS2. The Morgan fingerprint density at radius 3 is 3.00 bits per heavy atom. The topological polar surface area (TPSA) is 80.5 Å². The Morgan fingerprint density at radius 1 is 1.29 bits per heavy atom. The first-order valence-electron chi connectivity index (χ1n) is 7.13. The minimum Gasteiger partial charge on any atom is -0.290 e. The summed E-state index contributed by atoms with van der Waals surface area (Å²) in [5.74, 6) is 0.439. The summed E-state index contributed by atoms with van der Waals surface area (Å²) in [7, 11) is 0. The number of thiophene rings is 1. The highest BCUT2D eigenvalue weighted by Gasteiger charge is 2.14. The van der Waals surface area contributed by atoms with Gasteiger partial charge in [-0.2, -0.15) is 5.10 Å². The summed E-state index contributed by atoms with van der Waals surface area (Å²) in [6, 6.07) is 11.4. The Kier molecular flexibility index (Phi) is 3.71. The van der Waals surface area contributed by atoms with E-state index in [1.165, 1.54) is 0 Å². The summed E-state index contributed by atoms with van der Waals surface area (Å²) in [4.78, 5) is 17.6. The van der Waals surface area contributed by atoms with Gasteiger partial charge in [-0.15, -0.1) is 11.3 Å². The Hall–Kier alpha value is -2.78. The van der Waals surface area contributed by atoms with E-state index in [1.54, 1.807) is 26.9 Å². The third-order valence-corrected chi connectivity index (χ3v) is 4.68. The maximum Gasteiger partial charge on any atom is 0.258 e. The average Bonchev–Trinajstić information content (AvgIpc) is 3.30. The van der Waals surface area contributed by atoms with Crippen molar-refractivity contribution in [1.29, 1.82) is 0 Å². The number of imidazole rings is 1. The van der Waals surface area contributed by atoms with Crippen LogP contribution in [0.25, 0.3) is 21.7 Å². The fraction of sp³-hybridized carbons (Fsp3) is 0.0667. The van der Waals surface area contributed by atoms with Gasteiger partial charge in [-0.3, -0.25) is 19.9 Å². The fourth-order valence-corrected chi connectivity index (χ4v) is 3.34. The lowest BCUT2D eigenvalue weighted by Gasteiger charge is -2.08. The number of para-hydroxylation sites is 2. The number of hydrogen-bond donors (Lipinski definition) is 2. The van der Waals surface area contributed by atoms with E-state index >= 15 is 0 Å². The van der Waals surface area contributed by atoms with Crippen molar-refractivity contribution in [3.63, 3.8) is 0 Å². The van der Waals surface area contributed by atoms with Crippen molar-refractivity contribution in [1.82, 2.24) is 24.4 Å². The van der Waals surface area contributed by atoms with E-state index in [-0.39, 0.29) is 12.5 Å². The molecule has 9 heteroatoms. The van der Waals surface area contributed by atoms with Crippen molar-refractivity contribution < 1.29 is 4.79 Å². The molecule has 4 rings (SSSR count). The number of benzene rings is 1. The maximum absolute atomic E-state index is 12.4. The number of aromatic amines is 1. The molecule has 7 nitrogen and oxygen atoms in total. The number of aromatic nitrogens is 5. The summed E-state index contributed by atoms with van der Waals surface area (Å²) < 4.78 is 3.69. The van der Waals surface area contributed by atoms with Crippen LogP contribution in [-0.4, -0.2) is 30.3 Å². The van der Waals surface area contributed by atoms with Gasteiger partial charge in [0.05, 0.1) is 15.9 Å². The number of carbonyl (C=O) groups excluding carboxylic acids is 1. The van der Waals surface area contributed by atoms with Gasteiger partial charge in [0.2, 0.25) is 0 Å². The van der Waals surface area contributed by atoms with Crippen LogP contribution in [0.4, 0.5) is 0 Å². The Labute approximate surface area is 145 Å². The van der Waals surface area contributed by atoms with Gasteiger partial charge in [0.25, 0.3) is 5.91 Å². The van der Waals surface area contributed by atoms with E-state index in [1.807, 2.05) is 41.8 Å². The number of fused-ring (bicyclic) bond motifs is 1. The molecule has 0 aliphatic carbocycles. The van der Waals surface area contributed by atoms with Crippen LogP contribution in [0.2, 0.25) is 0 Å². The number of nitrogens with one attached hydrogen (secondary N) is 2. The van der Waals surface area contributed by atoms with Crippen molar-refractivity contribution in [3.8, 4) is 10.7 Å². The lowest BCUT2D eigenvalue weighted by molar-refractivity contribution is -0.117. The molecule has 0 fully saturated rings. The molecular weight excluding hydrogens is 344 g/mol. The van der Waals surface area contributed by atoms with Crippen LogP contribution in [0.5, 0.6) is 0 Å². The zero-order valence-corrected chi connectivity index (χ0v) is 14.0. The van der Waals surface area contributed by atoms with Gasteiger partial charge in [0, 0.05) is 0 Å². The molecule has 0 saturated carbocycles. The molecule has 0 radical (unpaired) electrons. The standard InChI is InChI=1S/C15H12N6OS2/c22-13(19-21-9-16-10-4-1-2-5-11(10)21)8-20-14(17-18-15(20)23)12-6-3-7-24-12/h1-7,9H,8H2,(H,18,23)(H,19,22). The zero-order valence-electron chi connectivity index (χ0n) is 12.3. The molecule has 3 aromatic heterocycles. The second-order valence-corrected chi connectivity index (χ2v) is 6.39. The molecule has 120 valence electrons. The van der Waals surface area contributed by atoms with E-state index in [2.05, 4.69) is 20.6 Å². The molecule has 0 atom stereocenters. The fourth-order valence-electron chi connectivity index (χ4n) is 2.42. The number of nitrogens with zero attached hydrogens (tertiary/aromatic N) is 4. The molecule has 3 heterocycles. The first-order valence-corrected chi connectivity index (χ1v) is 8.42. The molecule has 2 N–H and O–H groups in total. The van der Waals surface area contributed by atoms with Crippen LogP contribution in [0, 0.1) is 4.77 Å². The molecule has 0 saturated heterocycles. The van der Waals surface area contributed by atoms with Crippen LogP contribution >= 0.6 is 23.6 Å². The molecule has 0 spiro atoms. The molecule has 4 aromatic rings. The highest BCUT2D eigenvalue weighted by Crippen LogP contribution is 2.22. The first-order chi connectivity index (χ1) is 11.7. The van der Waals surface area contributed by atoms with Crippen molar-refractivity contribution in [3.05, 3.63) is 52.9 Å². The normalized spacial score (nSPS) is 11.0. The highest BCUT2D eigenvalue weighted by atomic mass is 32.1. The lowest BCUT2D eigenvalue weighted by Crippen LogP contribution is -2.26. The number of H-pyrrole nitrogens is 1. The van der Waals surface area contributed by atoms with Gasteiger partial charge in [-0.05, 0) is 35.8 Å². The van der Waals surface area contributed by atoms with Gasteiger partial charge < -0.3 is 0 Å². The lowest BCUT2D eigenvalue weighted by atomic mass is 10.3. The third kappa shape index (κ3) is 2.63. The second-order valence-electron chi connectivity index (χ2n) is 5.05. The largest absolute Gasteiger partial charge is 0.290 e. The van der Waals surface area contributed by atoms with Crippen molar-refractivity contribution in [2.24, 2.45) is 0 Å². The summed E-state index contributed by atoms with van der Waals surface area (Å²) in [6.07, 6.45) is 1.58. The van der Waals surface area contributed by atoms with Gasteiger partial charge in [-0.25, -0.2) is 9.66 Å². The molecule has 0 aliphatic rings. The van der Waals surface area contributed by atoms with E-state index in [0.29, 0.717) is 10.6 Å². The Balaban J connectivity index is 1.59. The zero-order chi connectivity index (χ0) is 16.5. The van der Waals surface area contributed by atoms with Crippen LogP contribution in [0.1, 0.15) is 0 Å².